The molecule has 1 aliphatic rings. The SMILES string of the molecule is CC(=O)Oc1cc2c(cc1Br)=CCCC=2. The predicted octanol–water partition coefficient (Wildman–Crippen LogP) is 1.73. The molecule has 0 saturated carbocycles. The Morgan fingerprint density at radius 1 is 1.27 bits per heavy atom. The number of carbonyl (C=O) groups is 1. The van der Waals surface area contributed by atoms with Crippen LogP contribution in [0.4, 0.5) is 0 Å². The van der Waals surface area contributed by atoms with Crippen molar-refractivity contribution in [1.29, 1.82) is 0 Å². The lowest BCUT2D eigenvalue weighted by atomic mass is 10.1. The third-order valence-electron chi connectivity index (χ3n) is 2.29. The highest BCUT2D eigenvalue weighted by molar-refractivity contribution is 9.10. The van der Waals surface area contributed by atoms with E-state index >= 15 is 0 Å². The van der Waals surface area contributed by atoms with E-state index in [1.165, 1.54) is 12.1 Å². The molecular formula is C12H11BrO2. The fourth-order valence-corrected chi connectivity index (χ4v) is 2.09. The van der Waals surface area contributed by atoms with Crippen molar-refractivity contribution in [2.45, 2.75) is 19.8 Å². The van der Waals surface area contributed by atoms with Crippen LogP contribution in [0.15, 0.2) is 16.6 Å². The molecule has 0 bridgehead atoms. The Labute approximate surface area is 96.4 Å². The van der Waals surface area contributed by atoms with Gasteiger partial charge in [0.05, 0.1) is 4.47 Å². The number of carbonyl (C=O) groups excluding carboxylic acids is 1. The van der Waals surface area contributed by atoms with Crippen LogP contribution in [0.25, 0.3) is 12.2 Å². The predicted molar refractivity (Wildman–Crippen MR) is 62.9 cm³/mol. The number of fused-ring (bicyclic) bond motifs is 1. The van der Waals surface area contributed by atoms with Crippen LogP contribution in [0.3, 0.4) is 0 Å². The van der Waals surface area contributed by atoms with Gasteiger partial charge in [0.2, 0.25) is 0 Å². The number of rotatable bonds is 1. The number of esters is 1. The van der Waals surface area contributed by atoms with Gasteiger partial charge < -0.3 is 4.74 Å². The molecule has 1 aromatic carbocycles. The molecule has 0 atom stereocenters. The van der Waals surface area contributed by atoms with Crippen molar-refractivity contribution in [3.8, 4) is 5.75 Å². The van der Waals surface area contributed by atoms with Crippen molar-refractivity contribution in [3.63, 3.8) is 0 Å². The highest BCUT2D eigenvalue weighted by Crippen LogP contribution is 2.21. The minimum absolute atomic E-state index is 0.296. The van der Waals surface area contributed by atoms with Crippen molar-refractivity contribution in [1.82, 2.24) is 0 Å². The van der Waals surface area contributed by atoms with E-state index in [0.717, 1.165) is 22.5 Å². The molecule has 0 radical (unpaired) electrons. The largest absolute Gasteiger partial charge is 0.425 e. The lowest BCUT2D eigenvalue weighted by molar-refractivity contribution is -0.131. The quantitative estimate of drug-likeness (QED) is 0.572. The van der Waals surface area contributed by atoms with E-state index in [1.807, 2.05) is 12.1 Å². The topological polar surface area (TPSA) is 26.3 Å². The van der Waals surface area contributed by atoms with Gasteiger partial charge in [-0.1, -0.05) is 12.2 Å². The van der Waals surface area contributed by atoms with Gasteiger partial charge in [-0.05, 0) is 51.3 Å². The molecule has 2 nitrogen and oxygen atoms in total. The van der Waals surface area contributed by atoms with Crippen molar-refractivity contribution in [2.24, 2.45) is 0 Å². The normalized spacial score (nSPS) is 13.5. The van der Waals surface area contributed by atoms with Gasteiger partial charge in [-0.25, -0.2) is 0 Å². The van der Waals surface area contributed by atoms with Gasteiger partial charge >= 0.3 is 5.97 Å². The van der Waals surface area contributed by atoms with Gasteiger partial charge in [-0.2, -0.15) is 0 Å². The molecule has 78 valence electrons. The first-order valence-electron chi connectivity index (χ1n) is 4.85. The fraction of sp³-hybridized carbons (Fsp3) is 0.250. The Morgan fingerprint density at radius 3 is 2.47 bits per heavy atom. The molecule has 1 aromatic rings. The van der Waals surface area contributed by atoms with Crippen LogP contribution < -0.4 is 15.2 Å². The maximum Gasteiger partial charge on any atom is 0.308 e. The van der Waals surface area contributed by atoms with Crippen LogP contribution in [0.1, 0.15) is 19.8 Å². The molecule has 0 unspecified atom stereocenters. The zero-order chi connectivity index (χ0) is 10.8. The highest BCUT2D eigenvalue weighted by atomic mass is 79.9. The summed E-state index contributed by atoms with van der Waals surface area (Å²) in [5, 5.41) is 2.34. The van der Waals surface area contributed by atoms with Gasteiger partial charge in [0, 0.05) is 6.92 Å². The minimum atomic E-state index is -0.296. The summed E-state index contributed by atoms with van der Waals surface area (Å²) in [7, 11) is 0. The summed E-state index contributed by atoms with van der Waals surface area (Å²) in [5.41, 5.74) is 0. The zero-order valence-electron chi connectivity index (χ0n) is 8.42. The maximum absolute atomic E-state index is 10.9. The molecule has 0 aromatic heterocycles. The second kappa shape index (κ2) is 4.19. The third kappa shape index (κ3) is 2.29. The molecule has 3 heteroatoms. The molecule has 0 N–H and O–H groups in total. The Kier molecular flexibility index (Phi) is 2.91. The first kappa shape index (κ1) is 10.4. The van der Waals surface area contributed by atoms with Gasteiger partial charge in [-0.3, -0.25) is 4.79 Å². The van der Waals surface area contributed by atoms with Crippen LogP contribution in [0.2, 0.25) is 0 Å². The number of benzene rings is 1. The van der Waals surface area contributed by atoms with Crippen LogP contribution in [0.5, 0.6) is 5.75 Å². The number of halogens is 1. The van der Waals surface area contributed by atoms with Gasteiger partial charge in [0.25, 0.3) is 0 Å². The maximum atomic E-state index is 10.9. The van der Waals surface area contributed by atoms with Gasteiger partial charge in [0.1, 0.15) is 5.75 Å². The van der Waals surface area contributed by atoms with E-state index in [1.54, 1.807) is 0 Å². The van der Waals surface area contributed by atoms with Crippen molar-refractivity contribution in [3.05, 3.63) is 27.0 Å². The zero-order valence-corrected chi connectivity index (χ0v) is 10.0. The van der Waals surface area contributed by atoms with E-state index in [4.69, 9.17) is 4.74 Å². The summed E-state index contributed by atoms with van der Waals surface area (Å²) in [5.74, 6) is 0.295. The Balaban J connectivity index is 2.55. The molecule has 2 rings (SSSR count). The molecule has 15 heavy (non-hydrogen) atoms. The molecule has 0 fully saturated rings. The summed E-state index contributed by atoms with van der Waals surface area (Å²) < 4.78 is 5.91. The van der Waals surface area contributed by atoms with E-state index in [0.29, 0.717) is 5.75 Å². The Hall–Kier alpha value is -1.09. The average Bonchev–Trinajstić information content (AvgIpc) is 2.18. The third-order valence-corrected chi connectivity index (χ3v) is 2.91. The second-order valence-corrected chi connectivity index (χ2v) is 4.35. The molecule has 0 saturated heterocycles. The summed E-state index contributed by atoms with van der Waals surface area (Å²) in [6.45, 7) is 1.40. The van der Waals surface area contributed by atoms with Gasteiger partial charge in [0.15, 0.2) is 0 Å². The minimum Gasteiger partial charge on any atom is -0.425 e. The Morgan fingerprint density at radius 2 is 1.87 bits per heavy atom. The monoisotopic (exact) mass is 266 g/mol. The van der Waals surface area contributed by atoms with Crippen LogP contribution in [-0.2, 0) is 4.79 Å². The smallest absolute Gasteiger partial charge is 0.308 e. The van der Waals surface area contributed by atoms with E-state index in [2.05, 4.69) is 28.1 Å². The summed E-state index contributed by atoms with van der Waals surface area (Å²) >= 11 is 3.39. The molecular weight excluding hydrogens is 256 g/mol. The summed E-state index contributed by atoms with van der Waals surface area (Å²) in [6.07, 6.45) is 6.48. The number of hydrogen-bond donors (Lipinski definition) is 0. The fourth-order valence-electron chi connectivity index (χ4n) is 1.65. The molecule has 0 spiro atoms. The first-order valence-corrected chi connectivity index (χ1v) is 5.64. The van der Waals surface area contributed by atoms with Crippen LogP contribution >= 0.6 is 15.9 Å². The van der Waals surface area contributed by atoms with Crippen molar-refractivity contribution in [2.75, 3.05) is 0 Å². The van der Waals surface area contributed by atoms with E-state index < -0.39 is 0 Å². The van der Waals surface area contributed by atoms with Gasteiger partial charge in [-0.15, -0.1) is 0 Å². The highest BCUT2D eigenvalue weighted by Gasteiger charge is 2.05. The van der Waals surface area contributed by atoms with Crippen molar-refractivity contribution < 1.29 is 9.53 Å². The molecule has 0 heterocycles. The second-order valence-electron chi connectivity index (χ2n) is 3.49. The van der Waals surface area contributed by atoms with E-state index in [9.17, 15) is 4.79 Å². The number of hydrogen-bond acceptors (Lipinski definition) is 2. The lowest BCUT2D eigenvalue weighted by Crippen LogP contribution is -2.27. The Bertz CT molecular complexity index is 517. The van der Waals surface area contributed by atoms with E-state index in [-0.39, 0.29) is 5.97 Å². The molecule has 0 amide bonds. The summed E-state index contributed by atoms with van der Waals surface area (Å²) in [4.78, 5) is 10.9. The first-order chi connectivity index (χ1) is 7.16. The van der Waals surface area contributed by atoms with Crippen LogP contribution in [0, 0.1) is 0 Å². The number of ether oxygens (including phenoxy) is 1. The van der Waals surface area contributed by atoms with Crippen LogP contribution in [-0.4, -0.2) is 5.97 Å². The molecule has 0 aliphatic heterocycles. The lowest BCUT2D eigenvalue weighted by Gasteiger charge is -2.06. The standard InChI is InChI=1S/C12H11BrO2/c1-8(14)15-12-7-10-5-3-2-4-9(10)6-11(12)13/h4-7H,2-3H2,1H3. The average molecular weight is 267 g/mol. The molecule has 1 aliphatic carbocycles. The van der Waals surface area contributed by atoms with Crippen molar-refractivity contribution >= 4 is 34.1 Å². The summed E-state index contributed by atoms with van der Waals surface area (Å²) in [6, 6.07) is 3.89.